The van der Waals surface area contributed by atoms with Crippen molar-refractivity contribution in [2.45, 2.75) is 18.4 Å². The number of carbonyl (C=O) groups excluding carboxylic acids is 1. The Morgan fingerprint density at radius 1 is 1.45 bits per heavy atom. The molecular weight excluding hydrogens is 274 g/mol. The molecule has 1 aliphatic heterocycles. The number of allylic oxidation sites excluding steroid dienone is 1. The molecule has 0 atom stereocenters. The standard InChI is InChI=1S/C15H12ClN3O/c16-13-2-1-10(11-3-6-18-8-11)7-12(13)14(20)19-15(9-17)4-5-15/h1-3,7-8H,4-6H2,(H,19,20). The fourth-order valence-corrected chi connectivity index (χ4v) is 2.30. The molecule has 4 nitrogen and oxygen atoms in total. The molecule has 1 aromatic carbocycles. The first-order chi connectivity index (χ1) is 9.63. The molecular formula is C15H12ClN3O. The van der Waals surface area contributed by atoms with E-state index in [-0.39, 0.29) is 5.91 Å². The van der Waals surface area contributed by atoms with E-state index in [0.29, 0.717) is 30.0 Å². The maximum absolute atomic E-state index is 12.2. The van der Waals surface area contributed by atoms with Crippen LogP contribution < -0.4 is 5.32 Å². The van der Waals surface area contributed by atoms with Crippen molar-refractivity contribution in [3.05, 3.63) is 40.4 Å². The van der Waals surface area contributed by atoms with Gasteiger partial charge in [0.15, 0.2) is 0 Å². The molecule has 1 fully saturated rings. The van der Waals surface area contributed by atoms with Gasteiger partial charge in [0, 0.05) is 6.21 Å². The van der Waals surface area contributed by atoms with Crippen molar-refractivity contribution >= 4 is 29.3 Å². The van der Waals surface area contributed by atoms with E-state index in [1.165, 1.54) is 0 Å². The molecule has 0 unspecified atom stereocenters. The summed E-state index contributed by atoms with van der Waals surface area (Å²) in [5.41, 5.74) is 1.59. The van der Waals surface area contributed by atoms with E-state index in [9.17, 15) is 4.79 Å². The third-order valence-electron chi connectivity index (χ3n) is 3.51. The Labute approximate surface area is 121 Å². The third kappa shape index (κ3) is 2.33. The summed E-state index contributed by atoms with van der Waals surface area (Å²) < 4.78 is 0. The normalized spacial score (nSPS) is 18.3. The van der Waals surface area contributed by atoms with Gasteiger partial charge >= 0.3 is 0 Å². The number of hydrogen-bond acceptors (Lipinski definition) is 3. The highest BCUT2D eigenvalue weighted by Gasteiger charge is 2.44. The van der Waals surface area contributed by atoms with Crippen molar-refractivity contribution in [1.29, 1.82) is 5.26 Å². The highest BCUT2D eigenvalue weighted by Crippen LogP contribution is 2.35. The van der Waals surface area contributed by atoms with Gasteiger partial charge in [0.2, 0.25) is 0 Å². The van der Waals surface area contributed by atoms with Crippen molar-refractivity contribution < 1.29 is 4.79 Å². The van der Waals surface area contributed by atoms with E-state index in [1.54, 1.807) is 18.3 Å². The fourth-order valence-electron chi connectivity index (χ4n) is 2.10. The average molecular weight is 286 g/mol. The van der Waals surface area contributed by atoms with Gasteiger partial charge in [-0.2, -0.15) is 5.26 Å². The predicted octanol–water partition coefficient (Wildman–Crippen LogP) is 2.59. The number of amides is 1. The van der Waals surface area contributed by atoms with Crippen molar-refractivity contribution in [2.75, 3.05) is 6.54 Å². The topological polar surface area (TPSA) is 65.2 Å². The number of halogens is 1. The molecule has 100 valence electrons. The van der Waals surface area contributed by atoms with E-state index in [0.717, 1.165) is 11.1 Å². The van der Waals surface area contributed by atoms with E-state index in [2.05, 4.69) is 16.4 Å². The zero-order valence-corrected chi connectivity index (χ0v) is 11.4. The molecule has 2 aliphatic rings. The molecule has 1 heterocycles. The number of carbonyl (C=O) groups is 1. The molecule has 1 N–H and O–H groups in total. The Kier molecular flexibility index (Phi) is 3.07. The summed E-state index contributed by atoms with van der Waals surface area (Å²) in [5.74, 6) is -0.300. The largest absolute Gasteiger partial charge is 0.334 e. The summed E-state index contributed by atoms with van der Waals surface area (Å²) in [4.78, 5) is 16.4. The van der Waals surface area contributed by atoms with Crippen LogP contribution in [0.25, 0.3) is 5.57 Å². The van der Waals surface area contributed by atoms with E-state index < -0.39 is 5.54 Å². The lowest BCUT2D eigenvalue weighted by molar-refractivity contribution is 0.0941. The minimum atomic E-state index is -0.690. The lowest BCUT2D eigenvalue weighted by atomic mass is 10.0. The van der Waals surface area contributed by atoms with Crippen LogP contribution in [0.1, 0.15) is 28.8 Å². The molecule has 1 aromatic rings. The number of aliphatic imine (C=N–C) groups is 1. The number of nitrogens with zero attached hydrogens (tertiary/aromatic N) is 2. The Hall–Kier alpha value is -2.12. The maximum atomic E-state index is 12.2. The van der Waals surface area contributed by atoms with Crippen molar-refractivity contribution in [3.63, 3.8) is 0 Å². The first kappa shape index (κ1) is 12.9. The van der Waals surface area contributed by atoms with Crippen LogP contribution in [0.3, 0.4) is 0 Å². The number of benzene rings is 1. The maximum Gasteiger partial charge on any atom is 0.254 e. The second-order valence-electron chi connectivity index (χ2n) is 5.00. The highest BCUT2D eigenvalue weighted by molar-refractivity contribution is 6.34. The van der Waals surface area contributed by atoms with Crippen LogP contribution in [0.2, 0.25) is 5.02 Å². The van der Waals surface area contributed by atoms with Crippen LogP contribution in [-0.2, 0) is 0 Å². The van der Waals surface area contributed by atoms with Crippen LogP contribution >= 0.6 is 11.6 Å². The highest BCUT2D eigenvalue weighted by atomic mass is 35.5. The first-order valence-corrected chi connectivity index (χ1v) is 6.75. The van der Waals surface area contributed by atoms with Gasteiger partial charge in [-0.1, -0.05) is 23.7 Å². The minimum Gasteiger partial charge on any atom is -0.334 e. The zero-order chi connectivity index (χ0) is 14.2. The number of nitriles is 1. The van der Waals surface area contributed by atoms with Gasteiger partial charge in [-0.3, -0.25) is 9.79 Å². The first-order valence-electron chi connectivity index (χ1n) is 6.37. The predicted molar refractivity (Wildman–Crippen MR) is 77.8 cm³/mol. The van der Waals surface area contributed by atoms with E-state index in [4.69, 9.17) is 16.9 Å². The molecule has 0 aromatic heterocycles. The summed E-state index contributed by atoms with van der Waals surface area (Å²) >= 11 is 6.09. The molecule has 1 aliphatic carbocycles. The monoisotopic (exact) mass is 285 g/mol. The zero-order valence-electron chi connectivity index (χ0n) is 10.7. The van der Waals surface area contributed by atoms with Crippen molar-refractivity contribution in [2.24, 2.45) is 4.99 Å². The minimum absolute atomic E-state index is 0.300. The molecule has 1 amide bonds. The molecule has 5 heteroatoms. The van der Waals surface area contributed by atoms with E-state index >= 15 is 0 Å². The molecule has 0 spiro atoms. The van der Waals surface area contributed by atoms with Gasteiger partial charge in [-0.05, 0) is 36.1 Å². The second-order valence-corrected chi connectivity index (χ2v) is 5.40. The van der Waals surface area contributed by atoms with Gasteiger partial charge in [0.05, 0.1) is 23.2 Å². The van der Waals surface area contributed by atoms with Crippen LogP contribution in [-0.4, -0.2) is 24.2 Å². The Morgan fingerprint density at radius 3 is 2.85 bits per heavy atom. The molecule has 0 radical (unpaired) electrons. The second kappa shape index (κ2) is 4.77. The molecule has 0 bridgehead atoms. The Balaban J connectivity index is 1.89. The number of rotatable bonds is 3. The summed E-state index contributed by atoms with van der Waals surface area (Å²) in [6.07, 6.45) is 5.17. The van der Waals surface area contributed by atoms with Crippen LogP contribution in [0.4, 0.5) is 0 Å². The van der Waals surface area contributed by atoms with Gasteiger partial charge in [-0.25, -0.2) is 0 Å². The summed E-state index contributed by atoms with van der Waals surface area (Å²) in [5, 5.41) is 12.2. The van der Waals surface area contributed by atoms with Crippen molar-refractivity contribution in [3.8, 4) is 6.07 Å². The van der Waals surface area contributed by atoms with Crippen LogP contribution in [0, 0.1) is 11.3 Å². The number of nitrogens with one attached hydrogen (secondary N) is 1. The molecule has 1 saturated carbocycles. The summed E-state index contributed by atoms with van der Waals surface area (Å²) in [7, 11) is 0. The third-order valence-corrected chi connectivity index (χ3v) is 3.84. The average Bonchev–Trinajstić information content (AvgIpc) is 3.01. The molecule has 20 heavy (non-hydrogen) atoms. The lowest BCUT2D eigenvalue weighted by Gasteiger charge is -2.11. The summed E-state index contributed by atoms with van der Waals surface area (Å²) in [6.45, 7) is 0.664. The van der Waals surface area contributed by atoms with Crippen LogP contribution in [0.15, 0.2) is 29.3 Å². The quantitative estimate of drug-likeness (QED) is 0.927. The van der Waals surface area contributed by atoms with Gasteiger partial charge in [0.1, 0.15) is 5.54 Å². The fraction of sp³-hybridized carbons (Fsp3) is 0.267. The lowest BCUT2D eigenvalue weighted by Crippen LogP contribution is -2.35. The van der Waals surface area contributed by atoms with Gasteiger partial charge in [0.25, 0.3) is 5.91 Å². The SMILES string of the molecule is N#CC1(NC(=O)c2cc(C3=CCN=C3)ccc2Cl)CC1. The van der Waals surface area contributed by atoms with Crippen molar-refractivity contribution in [1.82, 2.24) is 5.32 Å². The van der Waals surface area contributed by atoms with Crippen LogP contribution in [0.5, 0.6) is 0 Å². The smallest absolute Gasteiger partial charge is 0.254 e. The van der Waals surface area contributed by atoms with Gasteiger partial charge in [-0.15, -0.1) is 0 Å². The van der Waals surface area contributed by atoms with Gasteiger partial charge < -0.3 is 5.32 Å². The Bertz CT molecular complexity index is 681. The van der Waals surface area contributed by atoms with E-state index in [1.807, 2.05) is 12.1 Å². The Morgan fingerprint density at radius 2 is 2.25 bits per heavy atom. The summed E-state index contributed by atoms with van der Waals surface area (Å²) in [6, 6.07) is 7.44. The number of hydrogen-bond donors (Lipinski definition) is 1. The molecule has 3 rings (SSSR count). The molecule has 0 saturated heterocycles.